The third-order valence-corrected chi connectivity index (χ3v) is 4.33. The van der Waals surface area contributed by atoms with Crippen LogP contribution in [-0.4, -0.2) is 7.05 Å². The standard InChI is InChI=1S/C19H24ClN/c1-4-14-6-9-16(5-2)18(12-14)19(21-3)13-15-7-10-17(20)11-8-15/h6-12,19,21H,4-5,13H2,1-3H3. The SMILES string of the molecule is CCc1ccc(CC)c(C(Cc2ccc(Cl)cc2)NC)c1. The molecule has 0 amide bonds. The molecule has 0 fully saturated rings. The zero-order valence-electron chi connectivity index (χ0n) is 13.1. The van der Waals surface area contributed by atoms with E-state index >= 15 is 0 Å². The van der Waals surface area contributed by atoms with Gasteiger partial charge in [-0.25, -0.2) is 0 Å². The van der Waals surface area contributed by atoms with Gasteiger partial charge in [-0.3, -0.25) is 0 Å². The molecule has 0 aliphatic carbocycles. The van der Waals surface area contributed by atoms with Gasteiger partial charge in [0.25, 0.3) is 0 Å². The van der Waals surface area contributed by atoms with Gasteiger partial charge in [-0.05, 0) is 60.7 Å². The summed E-state index contributed by atoms with van der Waals surface area (Å²) in [5, 5.41) is 4.27. The van der Waals surface area contributed by atoms with Crippen molar-refractivity contribution in [2.24, 2.45) is 0 Å². The van der Waals surface area contributed by atoms with Gasteiger partial charge in [-0.2, -0.15) is 0 Å². The summed E-state index contributed by atoms with van der Waals surface area (Å²) in [7, 11) is 2.04. The Labute approximate surface area is 133 Å². The highest BCUT2D eigenvalue weighted by Crippen LogP contribution is 2.24. The molecule has 0 aromatic heterocycles. The molecule has 2 rings (SSSR count). The van der Waals surface area contributed by atoms with Crippen LogP contribution in [0.3, 0.4) is 0 Å². The Hall–Kier alpha value is -1.31. The molecule has 21 heavy (non-hydrogen) atoms. The number of rotatable bonds is 6. The van der Waals surface area contributed by atoms with Crippen molar-refractivity contribution < 1.29 is 0 Å². The van der Waals surface area contributed by atoms with Crippen molar-refractivity contribution in [1.82, 2.24) is 5.32 Å². The average Bonchev–Trinajstić information content (AvgIpc) is 2.53. The van der Waals surface area contributed by atoms with Gasteiger partial charge in [0, 0.05) is 11.1 Å². The highest BCUT2D eigenvalue weighted by molar-refractivity contribution is 6.30. The first-order chi connectivity index (χ1) is 10.2. The van der Waals surface area contributed by atoms with E-state index in [0.29, 0.717) is 6.04 Å². The predicted molar refractivity (Wildman–Crippen MR) is 92.2 cm³/mol. The molecule has 0 aliphatic rings. The second-order valence-electron chi connectivity index (χ2n) is 5.41. The number of hydrogen-bond acceptors (Lipinski definition) is 1. The van der Waals surface area contributed by atoms with Gasteiger partial charge in [-0.1, -0.05) is 55.8 Å². The first-order valence-corrected chi connectivity index (χ1v) is 8.09. The van der Waals surface area contributed by atoms with E-state index in [2.05, 4.69) is 49.5 Å². The Bertz CT molecular complexity index is 575. The lowest BCUT2D eigenvalue weighted by Crippen LogP contribution is -2.20. The molecule has 1 atom stereocenters. The van der Waals surface area contributed by atoms with Crippen molar-refractivity contribution in [3.63, 3.8) is 0 Å². The number of benzene rings is 2. The summed E-state index contributed by atoms with van der Waals surface area (Å²) in [6.45, 7) is 4.43. The summed E-state index contributed by atoms with van der Waals surface area (Å²) < 4.78 is 0. The molecule has 2 aromatic carbocycles. The Morgan fingerprint density at radius 2 is 1.62 bits per heavy atom. The maximum absolute atomic E-state index is 5.97. The summed E-state index contributed by atoms with van der Waals surface area (Å²) in [5.74, 6) is 0. The lowest BCUT2D eigenvalue weighted by molar-refractivity contribution is 0.586. The summed E-state index contributed by atoms with van der Waals surface area (Å²) in [6.07, 6.45) is 3.13. The number of hydrogen-bond donors (Lipinski definition) is 1. The molecule has 1 unspecified atom stereocenters. The van der Waals surface area contributed by atoms with Crippen LogP contribution in [0.2, 0.25) is 5.02 Å². The Balaban J connectivity index is 2.29. The Morgan fingerprint density at radius 1 is 0.952 bits per heavy atom. The summed E-state index contributed by atoms with van der Waals surface area (Å²) in [4.78, 5) is 0. The quantitative estimate of drug-likeness (QED) is 0.794. The number of halogens is 1. The van der Waals surface area contributed by atoms with Crippen molar-refractivity contribution in [2.75, 3.05) is 7.05 Å². The maximum Gasteiger partial charge on any atom is 0.0406 e. The van der Waals surface area contributed by atoms with Gasteiger partial charge in [0.15, 0.2) is 0 Å². The fourth-order valence-electron chi connectivity index (χ4n) is 2.73. The predicted octanol–water partition coefficient (Wildman–Crippen LogP) is 4.97. The van der Waals surface area contributed by atoms with E-state index in [1.165, 1.54) is 22.3 Å². The first kappa shape index (κ1) is 16.1. The first-order valence-electron chi connectivity index (χ1n) is 7.71. The fraction of sp³-hybridized carbons (Fsp3) is 0.368. The smallest absolute Gasteiger partial charge is 0.0406 e. The summed E-state index contributed by atoms with van der Waals surface area (Å²) in [6, 6.07) is 15.4. The minimum absolute atomic E-state index is 0.340. The normalized spacial score (nSPS) is 12.4. The third kappa shape index (κ3) is 4.09. The third-order valence-electron chi connectivity index (χ3n) is 4.08. The van der Waals surface area contributed by atoms with E-state index in [9.17, 15) is 0 Å². The van der Waals surface area contributed by atoms with Gasteiger partial charge in [0.2, 0.25) is 0 Å². The minimum Gasteiger partial charge on any atom is -0.313 e. The van der Waals surface area contributed by atoms with Crippen molar-refractivity contribution in [2.45, 2.75) is 39.2 Å². The Morgan fingerprint density at radius 3 is 2.19 bits per heavy atom. The van der Waals surface area contributed by atoms with Gasteiger partial charge in [0.05, 0.1) is 0 Å². The van der Waals surface area contributed by atoms with Crippen LogP contribution in [0.5, 0.6) is 0 Å². The van der Waals surface area contributed by atoms with Gasteiger partial charge in [-0.15, -0.1) is 0 Å². The topological polar surface area (TPSA) is 12.0 Å². The van der Waals surface area contributed by atoms with Crippen LogP contribution in [0.25, 0.3) is 0 Å². The van der Waals surface area contributed by atoms with Gasteiger partial charge in [0.1, 0.15) is 0 Å². The minimum atomic E-state index is 0.340. The van der Waals surface area contributed by atoms with E-state index in [4.69, 9.17) is 11.6 Å². The molecule has 0 aliphatic heterocycles. The van der Waals surface area contributed by atoms with Crippen LogP contribution < -0.4 is 5.32 Å². The van der Waals surface area contributed by atoms with Crippen molar-refractivity contribution in [3.05, 3.63) is 69.7 Å². The van der Waals surface area contributed by atoms with E-state index in [1.54, 1.807) is 0 Å². The molecule has 1 N–H and O–H groups in total. The molecule has 0 saturated carbocycles. The van der Waals surface area contributed by atoms with Crippen LogP contribution in [0.4, 0.5) is 0 Å². The van der Waals surface area contributed by atoms with E-state index in [-0.39, 0.29) is 0 Å². The molecule has 0 radical (unpaired) electrons. The van der Waals surface area contributed by atoms with E-state index in [1.807, 2.05) is 19.2 Å². The molecule has 0 saturated heterocycles. The second kappa shape index (κ2) is 7.63. The average molecular weight is 302 g/mol. The van der Waals surface area contributed by atoms with E-state index < -0.39 is 0 Å². The van der Waals surface area contributed by atoms with E-state index in [0.717, 1.165) is 24.3 Å². The molecule has 0 spiro atoms. The molecule has 0 bridgehead atoms. The fourth-order valence-corrected chi connectivity index (χ4v) is 2.86. The molecule has 0 heterocycles. The Kier molecular flexibility index (Phi) is 5.84. The van der Waals surface area contributed by atoms with Crippen LogP contribution in [0.1, 0.15) is 42.1 Å². The van der Waals surface area contributed by atoms with Crippen LogP contribution in [0.15, 0.2) is 42.5 Å². The van der Waals surface area contributed by atoms with Crippen molar-refractivity contribution in [1.29, 1.82) is 0 Å². The van der Waals surface area contributed by atoms with Crippen molar-refractivity contribution >= 4 is 11.6 Å². The van der Waals surface area contributed by atoms with Crippen LogP contribution in [0, 0.1) is 0 Å². The zero-order valence-corrected chi connectivity index (χ0v) is 13.9. The second-order valence-corrected chi connectivity index (χ2v) is 5.85. The summed E-state index contributed by atoms with van der Waals surface area (Å²) in [5.41, 5.74) is 5.57. The highest BCUT2D eigenvalue weighted by atomic mass is 35.5. The molecular weight excluding hydrogens is 278 g/mol. The number of nitrogens with one attached hydrogen (secondary N) is 1. The molecule has 1 nitrogen and oxygen atoms in total. The molecule has 112 valence electrons. The summed E-state index contributed by atoms with van der Waals surface area (Å²) >= 11 is 5.97. The molecular formula is C19H24ClN. The molecule has 2 heteroatoms. The lowest BCUT2D eigenvalue weighted by atomic mass is 9.91. The molecule has 2 aromatic rings. The van der Waals surface area contributed by atoms with Crippen LogP contribution in [-0.2, 0) is 19.3 Å². The van der Waals surface area contributed by atoms with Crippen molar-refractivity contribution in [3.8, 4) is 0 Å². The largest absolute Gasteiger partial charge is 0.313 e. The highest BCUT2D eigenvalue weighted by Gasteiger charge is 2.14. The number of aryl methyl sites for hydroxylation is 2. The lowest BCUT2D eigenvalue weighted by Gasteiger charge is -2.21. The number of likely N-dealkylation sites (N-methyl/N-ethyl adjacent to an activating group) is 1. The van der Waals surface area contributed by atoms with Gasteiger partial charge < -0.3 is 5.32 Å². The van der Waals surface area contributed by atoms with Crippen LogP contribution >= 0.6 is 11.6 Å². The zero-order chi connectivity index (χ0) is 15.2. The monoisotopic (exact) mass is 301 g/mol. The van der Waals surface area contributed by atoms with Gasteiger partial charge >= 0.3 is 0 Å². The maximum atomic E-state index is 5.97.